The molecule has 0 saturated carbocycles. The molecule has 0 aromatic heterocycles. The first kappa shape index (κ1) is 29.3. The Morgan fingerprint density at radius 1 is 0.717 bits per heavy atom. The molecule has 0 atom stereocenters. The molecule has 3 nitrogen and oxygen atoms in total. The van der Waals surface area contributed by atoms with Crippen LogP contribution in [-0.4, -0.2) is 5.78 Å². The van der Waals surface area contributed by atoms with E-state index < -0.39 is 0 Å². The van der Waals surface area contributed by atoms with Crippen molar-refractivity contribution in [2.75, 3.05) is 10.6 Å². The van der Waals surface area contributed by atoms with Gasteiger partial charge in [-0.15, -0.1) is 0 Å². The number of fused-ring (bicyclic) bond motifs is 5. The highest BCUT2D eigenvalue weighted by Gasteiger charge is 2.22. The van der Waals surface area contributed by atoms with E-state index in [1.807, 2.05) is 61.7 Å². The minimum Gasteiger partial charge on any atom is -0.361 e. The van der Waals surface area contributed by atoms with E-state index in [4.69, 9.17) is 0 Å². The molecule has 0 fully saturated rings. The van der Waals surface area contributed by atoms with Crippen LogP contribution in [0, 0.1) is 24.3 Å². The number of Topliss-reactive ketones (excluding diaryl/α,β-unsaturated/α-hetero) is 1. The van der Waals surface area contributed by atoms with Crippen LogP contribution in [0.3, 0.4) is 0 Å². The Bertz CT molecular complexity index is 2260. The maximum atomic E-state index is 13.8. The summed E-state index contributed by atoms with van der Waals surface area (Å²) in [6.45, 7) is 4.14. The van der Waals surface area contributed by atoms with Gasteiger partial charge < -0.3 is 10.6 Å². The number of benzene rings is 5. The maximum absolute atomic E-state index is 13.8. The van der Waals surface area contributed by atoms with Crippen LogP contribution in [0.5, 0.6) is 0 Å². The van der Waals surface area contributed by atoms with Crippen LogP contribution in [0.25, 0.3) is 17.7 Å². The summed E-state index contributed by atoms with van der Waals surface area (Å²) in [4.78, 5) is 13.8. The van der Waals surface area contributed by atoms with Crippen molar-refractivity contribution >= 4 is 40.6 Å². The van der Waals surface area contributed by atoms with Crippen LogP contribution in [0.1, 0.15) is 51.0 Å². The number of rotatable bonds is 4. The summed E-state index contributed by atoms with van der Waals surface area (Å²) in [6, 6.07) is 35.6. The van der Waals surface area contributed by atoms with Crippen LogP contribution >= 0.6 is 0 Å². The normalized spacial score (nSPS) is 13.7. The van der Waals surface area contributed by atoms with Crippen molar-refractivity contribution < 1.29 is 4.79 Å². The number of anilines is 3. The fourth-order valence-electron chi connectivity index (χ4n) is 6.85. The lowest BCUT2D eigenvalue weighted by Crippen LogP contribution is -2.26. The van der Waals surface area contributed by atoms with E-state index in [1.54, 1.807) is 0 Å². The van der Waals surface area contributed by atoms with Gasteiger partial charge in [0.25, 0.3) is 0 Å². The number of hydrogen-bond donors (Lipinski definition) is 2. The fraction of sp³-hybridized carbons (Fsp3) is 0.140. The molecular formula is C43H38N2O. The molecule has 8 rings (SSSR count). The number of hydrogen-bond acceptors (Lipinski definition) is 3. The molecule has 0 amide bonds. The largest absolute Gasteiger partial charge is 0.361 e. The van der Waals surface area contributed by atoms with E-state index in [0.29, 0.717) is 0 Å². The van der Waals surface area contributed by atoms with Gasteiger partial charge in [0.1, 0.15) is 0 Å². The van der Waals surface area contributed by atoms with Gasteiger partial charge in [0.05, 0.1) is 0 Å². The lowest BCUT2D eigenvalue weighted by Gasteiger charge is -2.20. The van der Waals surface area contributed by atoms with Crippen molar-refractivity contribution in [2.24, 2.45) is 0 Å². The molecule has 46 heavy (non-hydrogen) atoms. The summed E-state index contributed by atoms with van der Waals surface area (Å²) < 4.78 is 0. The Balaban J connectivity index is 0.000000259. The van der Waals surface area contributed by atoms with Crippen LogP contribution < -0.4 is 21.1 Å². The molecule has 226 valence electrons. The average molecular weight is 599 g/mol. The molecular weight excluding hydrogens is 560 g/mol. The third-order valence-corrected chi connectivity index (χ3v) is 9.24. The molecule has 0 spiro atoms. The number of carbonyl (C=O) groups is 1. The maximum Gasteiger partial charge on any atom is 0.189 e. The summed E-state index contributed by atoms with van der Waals surface area (Å²) >= 11 is 0. The van der Waals surface area contributed by atoms with E-state index in [1.165, 1.54) is 37.9 Å². The molecule has 2 N–H and O–H groups in total. The van der Waals surface area contributed by atoms with Crippen LogP contribution in [0.2, 0.25) is 0 Å². The highest BCUT2D eigenvalue weighted by molar-refractivity contribution is 6.25. The Labute approximate surface area is 270 Å². The summed E-state index contributed by atoms with van der Waals surface area (Å²) in [7, 11) is 0. The predicted molar refractivity (Wildman–Crippen MR) is 193 cm³/mol. The summed E-state index contributed by atoms with van der Waals surface area (Å²) in [5.41, 5.74) is 11.2. The van der Waals surface area contributed by atoms with Gasteiger partial charge in [0.15, 0.2) is 5.78 Å². The first-order chi connectivity index (χ1) is 22.6. The standard InChI is InChI=1S/C33H29NO.C10H9N/c1-21-8-3-6-13-32(21)34-24-15-17-25(22(2)20-24)33(35)31-12-7-11-27-29-16-14-23-9-4-5-10-26(23)28(29)18-19-30(27)31;1-2-7-10-9(5-1)6-3-4-8-11-10/h3-6,8-10,13-15,17-20,34H,7,11-12,16H2,1-2H3;1-8,11H. The SMILES string of the molecule is C1=CNc2ccccc2C=C1.Cc1ccccc1Nc1ccc(C(=O)C2=c3ccc4c(c3CCC2)CC=c2ccccc2=4)c(C)c1. The van der Waals surface area contributed by atoms with Crippen molar-refractivity contribution in [3.8, 4) is 0 Å². The number of carbonyl (C=O) groups excluding carboxylic acids is 1. The Hall–Kier alpha value is -5.41. The number of para-hydroxylation sites is 2. The minimum atomic E-state index is 0.172. The molecule has 0 saturated heterocycles. The second kappa shape index (κ2) is 12.9. The molecule has 0 unspecified atom stereocenters. The third-order valence-electron chi connectivity index (χ3n) is 9.24. The zero-order valence-electron chi connectivity index (χ0n) is 26.4. The lowest BCUT2D eigenvalue weighted by atomic mass is 9.83. The van der Waals surface area contributed by atoms with Crippen molar-refractivity contribution in [1.82, 2.24) is 0 Å². The molecule has 1 aliphatic heterocycles. The van der Waals surface area contributed by atoms with Crippen molar-refractivity contribution in [3.63, 3.8) is 0 Å². The Morgan fingerprint density at radius 3 is 2.41 bits per heavy atom. The highest BCUT2D eigenvalue weighted by Crippen LogP contribution is 2.27. The van der Waals surface area contributed by atoms with Gasteiger partial charge in [-0.1, -0.05) is 91.0 Å². The van der Waals surface area contributed by atoms with E-state index in [9.17, 15) is 4.79 Å². The average Bonchev–Trinajstić information content (AvgIpc) is 3.35. The first-order valence-electron chi connectivity index (χ1n) is 16.2. The highest BCUT2D eigenvalue weighted by atomic mass is 16.1. The second-order valence-corrected chi connectivity index (χ2v) is 12.2. The van der Waals surface area contributed by atoms with Crippen LogP contribution in [0.4, 0.5) is 17.1 Å². The van der Waals surface area contributed by atoms with E-state index in [2.05, 4.69) is 96.4 Å². The summed E-state index contributed by atoms with van der Waals surface area (Å²) in [6.07, 6.45) is 14.2. The smallest absolute Gasteiger partial charge is 0.189 e. The van der Waals surface area contributed by atoms with E-state index >= 15 is 0 Å². The number of ketones is 1. The zero-order valence-corrected chi connectivity index (χ0v) is 26.4. The van der Waals surface area contributed by atoms with Crippen LogP contribution in [0.15, 0.2) is 121 Å². The summed E-state index contributed by atoms with van der Waals surface area (Å²) in [5.74, 6) is 0.172. The van der Waals surface area contributed by atoms with Gasteiger partial charge in [0, 0.05) is 34.4 Å². The number of nitrogens with one attached hydrogen (secondary N) is 2. The van der Waals surface area contributed by atoms with Crippen molar-refractivity contribution in [2.45, 2.75) is 39.5 Å². The predicted octanol–water partition coefficient (Wildman–Crippen LogP) is 8.68. The van der Waals surface area contributed by atoms with Gasteiger partial charge in [-0.05, 0) is 125 Å². The lowest BCUT2D eigenvalue weighted by molar-refractivity contribution is 0.105. The molecule has 5 aromatic rings. The molecule has 3 aliphatic rings. The zero-order chi connectivity index (χ0) is 31.5. The van der Waals surface area contributed by atoms with Gasteiger partial charge in [-0.3, -0.25) is 4.79 Å². The van der Waals surface area contributed by atoms with Gasteiger partial charge in [-0.2, -0.15) is 0 Å². The molecule has 0 radical (unpaired) electrons. The number of allylic oxidation sites excluding steroid dienone is 2. The minimum absolute atomic E-state index is 0.172. The number of aryl methyl sites for hydroxylation is 2. The molecule has 5 aromatic carbocycles. The molecule has 3 heteroatoms. The Morgan fingerprint density at radius 2 is 1.52 bits per heavy atom. The van der Waals surface area contributed by atoms with Gasteiger partial charge in [-0.25, -0.2) is 0 Å². The van der Waals surface area contributed by atoms with Crippen LogP contribution in [-0.2, 0) is 12.8 Å². The molecule has 1 heterocycles. The molecule has 0 bridgehead atoms. The quantitative estimate of drug-likeness (QED) is 0.203. The van der Waals surface area contributed by atoms with Crippen molar-refractivity contribution in [1.29, 1.82) is 0 Å². The second-order valence-electron chi connectivity index (χ2n) is 12.2. The third kappa shape index (κ3) is 5.84. The Kier molecular flexibility index (Phi) is 8.22. The summed E-state index contributed by atoms with van der Waals surface area (Å²) in [5, 5.41) is 11.8. The van der Waals surface area contributed by atoms with Crippen molar-refractivity contribution in [3.05, 3.63) is 176 Å². The molecule has 2 aliphatic carbocycles. The fourth-order valence-corrected chi connectivity index (χ4v) is 6.85. The topological polar surface area (TPSA) is 41.1 Å². The first-order valence-corrected chi connectivity index (χ1v) is 16.2. The van der Waals surface area contributed by atoms with E-state index in [0.717, 1.165) is 64.7 Å². The van der Waals surface area contributed by atoms with Gasteiger partial charge >= 0.3 is 0 Å². The van der Waals surface area contributed by atoms with E-state index in [-0.39, 0.29) is 5.78 Å². The van der Waals surface area contributed by atoms with Gasteiger partial charge in [0.2, 0.25) is 0 Å². The monoisotopic (exact) mass is 598 g/mol.